The summed E-state index contributed by atoms with van der Waals surface area (Å²) < 4.78 is 5.54. The van der Waals surface area contributed by atoms with E-state index < -0.39 is 10.8 Å². The largest absolute Gasteiger partial charge is 0.376 e. The molecular weight excluding hydrogens is 274 g/mol. The molecule has 4 atom stereocenters. The molecule has 1 aliphatic heterocycles. The first-order valence-corrected chi connectivity index (χ1v) is 6.92. The van der Waals surface area contributed by atoms with Crippen molar-refractivity contribution in [2.24, 2.45) is 11.7 Å². The minimum Gasteiger partial charge on any atom is -0.376 e. The number of aryl methyl sites for hydroxylation is 1. The minimum atomic E-state index is -0.528. The molecule has 1 saturated heterocycles. The van der Waals surface area contributed by atoms with Gasteiger partial charge < -0.3 is 15.8 Å². The van der Waals surface area contributed by atoms with Crippen molar-refractivity contribution in [1.82, 2.24) is 5.32 Å². The van der Waals surface area contributed by atoms with Crippen molar-refractivity contribution in [3.63, 3.8) is 0 Å². The van der Waals surface area contributed by atoms with Gasteiger partial charge in [0.1, 0.15) is 5.56 Å². The summed E-state index contributed by atoms with van der Waals surface area (Å²) in [7, 11) is 0. The molecule has 1 saturated carbocycles. The highest BCUT2D eigenvalue weighted by molar-refractivity contribution is 5.99. The van der Waals surface area contributed by atoms with E-state index in [0.29, 0.717) is 12.2 Å². The van der Waals surface area contributed by atoms with Gasteiger partial charge in [0.2, 0.25) is 0 Å². The van der Waals surface area contributed by atoms with E-state index in [1.807, 2.05) is 0 Å². The second kappa shape index (κ2) is 5.09. The Morgan fingerprint density at radius 2 is 2.29 bits per heavy atom. The summed E-state index contributed by atoms with van der Waals surface area (Å²) in [5.74, 6) is -0.192. The molecule has 21 heavy (non-hydrogen) atoms. The van der Waals surface area contributed by atoms with Crippen LogP contribution in [0.15, 0.2) is 18.2 Å². The van der Waals surface area contributed by atoms with Crippen molar-refractivity contribution in [1.29, 1.82) is 0 Å². The number of hydrogen-bond donors (Lipinski definition) is 2. The number of nitrogens with two attached hydrogens (primary N) is 1. The quantitative estimate of drug-likeness (QED) is 0.631. The molecule has 1 heterocycles. The standard InChI is InChI=1S/C14H17N3O4/c1-7-3-2-4-9(12(7)17(19)20)14(18)16-11-10(15)8-5-6-21-13(8)11/h2-4,8,10-11,13H,5-6,15H2,1H3,(H,16,18). The van der Waals surface area contributed by atoms with E-state index in [2.05, 4.69) is 5.32 Å². The van der Waals surface area contributed by atoms with Gasteiger partial charge in [0.15, 0.2) is 0 Å². The average molecular weight is 291 g/mol. The number of carbonyl (C=O) groups is 1. The number of nitro groups is 1. The summed E-state index contributed by atoms with van der Waals surface area (Å²) in [6.45, 7) is 2.26. The maximum Gasteiger partial charge on any atom is 0.285 e. The van der Waals surface area contributed by atoms with Crippen LogP contribution >= 0.6 is 0 Å². The van der Waals surface area contributed by atoms with Crippen LogP contribution in [0.2, 0.25) is 0 Å². The number of carbonyl (C=O) groups excluding carboxylic acids is 1. The summed E-state index contributed by atoms with van der Waals surface area (Å²) in [5, 5.41) is 13.9. The molecule has 1 aromatic rings. The van der Waals surface area contributed by atoms with Crippen LogP contribution in [0, 0.1) is 23.0 Å². The van der Waals surface area contributed by atoms with Crippen LogP contribution < -0.4 is 11.1 Å². The summed E-state index contributed by atoms with van der Waals surface area (Å²) in [4.78, 5) is 22.9. The van der Waals surface area contributed by atoms with Gasteiger partial charge >= 0.3 is 0 Å². The van der Waals surface area contributed by atoms with Crippen LogP contribution in [0.5, 0.6) is 0 Å². The number of rotatable bonds is 3. The summed E-state index contributed by atoms with van der Waals surface area (Å²) >= 11 is 0. The zero-order chi connectivity index (χ0) is 15.1. The molecule has 2 fully saturated rings. The number of nitrogens with zero attached hydrogens (tertiary/aromatic N) is 1. The number of benzene rings is 1. The SMILES string of the molecule is Cc1cccc(C(=O)NC2C(N)C3CCOC32)c1[N+](=O)[O-]. The Labute approximate surface area is 121 Å². The maximum atomic E-state index is 12.3. The van der Waals surface area contributed by atoms with Crippen molar-refractivity contribution < 1.29 is 14.5 Å². The first kappa shape index (κ1) is 14.0. The van der Waals surface area contributed by atoms with Gasteiger partial charge in [-0.15, -0.1) is 0 Å². The smallest absolute Gasteiger partial charge is 0.285 e. The molecule has 2 aliphatic rings. The van der Waals surface area contributed by atoms with Crippen LogP contribution in [-0.2, 0) is 4.74 Å². The fourth-order valence-electron chi connectivity index (χ4n) is 3.24. The lowest BCUT2D eigenvalue weighted by molar-refractivity contribution is -0.385. The zero-order valence-corrected chi connectivity index (χ0v) is 11.6. The predicted octanol–water partition coefficient (Wildman–Crippen LogP) is 0.748. The molecular formula is C14H17N3O4. The fraction of sp³-hybridized carbons (Fsp3) is 0.500. The fourth-order valence-corrected chi connectivity index (χ4v) is 3.24. The predicted molar refractivity (Wildman–Crippen MR) is 74.9 cm³/mol. The Hall–Kier alpha value is -1.99. The monoisotopic (exact) mass is 291 g/mol. The van der Waals surface area contributed by atoms with Crippen LogP contribution in [0.3, 0.4) is 0 Å². The van der Waals surface area contributed by atoms with Gasteiger partial charge in [-0.05, 0) is 19.4 Å². The number of nitrogens with one attached hydrogen (secondary N) is 1. The topological polar surface area (TPSA) is 107 Å². The van der Waals surface area contributed by atoms with Gasteiger partial charge in [-0.2, -0.15) is 0 Å². The number of fused-ring (bicyclic) bond motifs is 1. The van der Waals surface area contributed by atoms with E-state index in [4.69, 9.17) is 10.5 Å². The average Bonchev–Trinajstić information content (AvgIpc) is 2.88. The van der Waals surface area contributed by atoms with Crippen LogP contribution in [0.4, 0.5) is 5.69 Å². The molecule has 7 nitrogen and oxygen atoms in total. The van der Waals surface area contributed by atoms with Crippen molar-refractivity contribution in [3.05, 3.63) is 39.4 Å². The van der Waals surface area contributed by atoms with Crippen molar-refractivity contribution >= 4 is 11.6 Å². The van der Waals surface area contributed by atoms with Crippen molar-refractivity contribution in [3.8, 4) is 0 Å². The zero-order valence-electron chi connectivity index (χ0n) is 11.6. The van der Waals surface area contributed by atoms with Gasteiger partial charge in [0, 0.05) is 24.1 Å². The highest BCUT2D eigenvalue weighted by atomic mass is 16.6. The Morgan fingerprint density at radius 3 is 3.00 bits per heavy atom. The van der Waals surface area contributed by atoms with Gasteiger partial charge in [0.05, 0.1) is 17.1 Å². The molecule has 7 heteroatoms. The number of ether oxygens (including phenoxy) is 1. The summed E-state index contributed by atoms with van der Waals surface area (Å²) in [5.41, 5.74) is 6.40. The third kappa shape index (κ3) is 2.18. The highest BCUT2D eigenvalue weighted by Gasteiger charge is 2.52. The molecule has 3 N–H and O–H groups in total. The second-order valence-electron chi connectivity index (χ2n) is 5.59. The lowest BCUT2D eigenvalue weighted by Crippen LogP contribution is -2.68. The van der Waals surface area contributed by atoms with Crippen LogP contribution in [-0.4, -0.2) is 35.6 Å². The van der Waals surface area contributed by atoms with Crippen molar-refractivity contribution in [2.75, 3.05) is 6.61 Å². The Morgan fingerprint density at radius 1 is 1.52 bits per heavy atom. The number of amides is 1. The Bertz CT molecular complexity index is 604. The minimum absolute atomic E-state index is 0.0622. The van der Waals surface area contributed by atoms with Gasteiger partial charge in [-0.3, -0.25) is 14.9 Å². The van der Waals surface area contributed by atoms with E-state index in [0.717, 1.165) is 6.42 Å². The number of nitro benzene ring substituents is 1. The van der Waals surface area contributed by atoms with E-state index in [9.17, 15) is 14.9 Å². The molecule has 0 radical (unpaired) electrons. The highest BCUT2D eigenvalue weighted by Crippen LogP contribution is 2.38. The summed E-state index contributed by atoms with van der Waals surface area (Å²) in [6.07, 6.45) is 0.843. The van der Waals surface area contributed by atoms with Crippen molar-refractivity contribution in [2.45, 2.75) is 31.5 Å². The molecule has 112 valence electrons. The Balaban J connectivity index is 1.80. The number of para-hydroxylation sites is 1. The van der Waals surface area contributed by atoms with Gasteiger partial charge in [-0.1, -0.05) is 12.1 Å². The third-order valence-corrected chi connectivity index (χ3v) is 4.41. The van der Waals surface area contributed by atoms with Gasteiger partial charge in [0.25, 0.3) is 11.6 Å². The second-order valence-corrected chi connectivity index (χ2v) is 5.59. The normalized spacial score (nSPS) is 30.4. The first-order chi connectivity index (χ1) is 10.0. The molecule has 4 unspecified atom stereocenters. The molecule has 1 aliphatic carbocycles. The van der Waals surface area contributed by atoms with E-state index in [1.165, 1.54) is 6.07 Å². The third-order valence-electron chi connectivity index (χ3n) is 4.41. The Kier molecular flexibility index (Phi) is 3.38. The lowest BCUT2D eigenvalue weighted by atomic mass is 9.72. The van der Waals surface area contributed by atoms with E-state index >= 15 is 0 Å². The van der Waals surface area contributed by atoms with Gasteiger partial charge in [-0.25, -0.2) is 0 Å². The van der Waals surface area contributed by atoms with E-state index in [1.54, 1.807) is 19.1 Å². The molecule has 0 aromatic heterocycles. The molecule has 0 spiro atoms. The van der Waals surface area contributed by atoms with Crippen LogP contribution in [0.25, 0.3) is 0 Å². The molecule has 1 aromatic carbocycles. The van der Waals surface area contributed by atoms with Crippen LogP contribution in [0.1, 0.15) is 22.3 Å². The number of hydrogen-bond acceptors (Lipinski definition) is 5. The molecule has 3 rings (SSSR count). The maximum absolute atomic E-state index is 12.3. The lowest BCUT2D eigenvalue weighted by Gasteiger charge is -2.45. The summed E-state index contributed by atoms with van der Waals surface area (Å²) in [6, 6.07) is 4.28. The molecule has 0 bridgehead atoms. The van der Waals surface area contributed by atoms with E-state index in [-0.39, 0.29) is 35.4 Å². The molecule has 1 amide bonds. The first-order valence-electron chi connectivity index (χ1n) is 6.92.